The number of aromatic nitrogens is 1. The van der Waals surface area contributed by atoms with Crippen molar-refractivity contribution in [1.29, 1.82) is 0 Å². The van der Waals surface area contributed by atoms with Crippen molar-refractivity contribution in [3.63, 3.8) is 0 Å². The topological polar surface area (TPSA) is 22.1 Å². The van der Waals surface area contributed by atoms with Gasteiger partial charge in [0.05, 0.1) is 12.6 Å². The molecule has 0 bridgehead atoms. The molecule has 0 spiro atoms. The monoisotopic (exact) mass is 205 g/mol. The Labute approximate surface area is 87.7 Å². The molecule has 0 N–H and O–H groups in total. The van der Waals surface area contributed by atoms with Gasteiger partial charge in [-0.3, -0.25) is 4.98 Å². The normalized spacial score (nSPS) is 10.6. The fourth-order valence-corrected chi connectivity index (χ4v) is 1.57. The quantitative estimate of drug-likeness (QED) is 0.752. The molecule has 3 heteroatoms. The van der Waals surface area contributed by atoms with Crippen LogP contribution in [0.25, 0.3) is 10.9 Å². The second-order valence-corrected chi connectivity index (χ2v) is 3.33. The first kappa shape index (κ1) is 9.90. The molecule has 0 atom stereocenters. The van der Waals surface area contributed by atoms with Gasteiger partial charge in [0.25, 0.3) is 0 Å². The Morgan fingerprint density at radius 1 is 1.33 bits per heavy atom. The van der Waals surface area contributed by atoms with Crippen LogP contribution in [0.15, 0.2) is 24.3 Å². The van der Waals surface area contributed by atoms with Crippen molar-refractivity contribution in [2.45, 2.75) is 13.3 Å². The summed E-state index contributed by atoms with van der Waals surface area (Å²) in [4.78, 5) is 4.40. The average Bonchev–Trinajstić information content (AvgIpc) is 2.27. The summed E-state index contributed by atoms with van der Waals surface area (Å²) in [5.41, 5.74) is 1.72. The molecule has 78 valence electrons. The lowest BCUT2D eigenvalue weighted by atomic mass is 10.1. The average molecular weight is 205 g/mol. The first-order valence-electron chi connectivity index (χ1n) is 4.87. The lowest BCUT2D eigenvalue weighted by molar-refractivity contribution is 0.418. The summed E-state index contributed by atoms with van der Waals surface area (Å²) in [6.45, 7) is 2.02. The van der Waals surface area contributed by atoms with Gasteiger partial charge in [-0.2, -0.15) is 0 Å². The Hall–Kier alpha value is -1.64. The van der Waals surface area contributed by atoms with Crippen molar-refractivity contribution < 1.29 is 9.13 Å². The molecule has 0 unspecified atom stereocenters. The largest absolute Gasteiger partial charge is 0.496 e. The third-order valence-electron chi connectivity index (χ3n) is 2.37. The Morgan fingerprint density at radius 2 is 2.13 bits per heavy atom. The molecule has 15 heavy (non-hydrogen) atoms. The van der Waals surface area contributed by atoms with E-state index in [1.807, 2.05) is 13.0 Å². The first-order chi connectivity index (χ1) is 7.24. The van der Waals surface area contributed by atoms with Crippen molar-refractivity contribution in [2.24, 2.45) is 0 Å². The summed E-state index contributed by atoms with van der Waals surface area (Å²) in [6.07, 6.45) is 0.837. The van der Waals surface area contributed by atoms with E-state index < -0.39 is 0 Å². The van der Waals surface area contributed by atoms with Crippen LogP contribution >= 0.6 is 0 Å². The second-order valence-electron chi connectivity index (χ2n) is 3.33. The molecular formula is C12H12FNO. The van der Waals surface area contributed by atoms with Crippen LogP contribution in [-0.2, 0) is 6.42 Å². The van der Waals surface area contributed by atoms with Gasteiger partial charge < -0.3 is 4.74 Å². The fraction of sp³-hybridized carbons (Fsp3) is 0.250. The highest BCUT2D eigenvalue weighted by Crippen LogP contribution is 2.26. The number of benzene rings is 1. The van der Waals surface area contributed by atoms with Crippen LogP contribution in [0, 0.1) is 5.82 Å². The van der Waals surface area contributed by atoms with Gasteiger partial charge in [0, 0.05) is 17.1 Å². The van der Waals surface area contributed by atoms with Gasteiger partial charge in [0.1, 0.15) is 11.6 Å². The van der Waals surface area contributed by atoms with E-state index in [4.69, 9.17) is 4.74 Å². The van der Waals surface area contributed by atoms with Crippen molar-refractivity contribution in [1.82, 2.24) is 4.98 Å². The summed E-state index contributed by atoms with van der Waals surface area (Å²) in [5.74, 6) is 0.406. The molecule has 2 nitrogen and oxygen atoms in total. The van der Waals surface area contributed by atoms with Crippen LogP contribution < -0.4 is 4.74 Å². The number of hydrogen-bond acceptors (Lipinski definition) is 2. The Kier molecular flexibility index (Phi) is 2.54. The van der Waals surface area contributed by atoms with Gasteiger partial charge in [-0.05, 0) is 24.6 Å². The highest BCUT2D eigenvalue weighted by Gasteiger charge is 2.06. The van der Waals surface area contributed by atoms with Crippen molar-refractivity contribution in [3.05, 3.63) is 35.8 Å². The fourth-order valence-electron chi connectivity index (χ4n) is 1.57. The van der Waals surface area contributed by atoms with E-state index in [1.54, 1.807) is 13.2 Å². The lowest BCUT2D eigenvalue weighted by Gasteiger charge is -2.07. The number of pyridine rings is 1. The summed E-state index contributed by atoms with van der Waals surface area (Å²) in [7, 11) is 1.58. The molecule has 1 aromatic carbocycles. The molecule has 0 amide bonds. The number of fused-ring (bicyclic) bond motifs is 1. The van der Waals surface area contributed by atoms with Crippen LogP contribution in [0.1, 0.15) is 12.6 Å². The summed E-state index contributed by atoms with van der Waals surface area (Å²) in [6, 6.07) is 6.38. The number of ether oxygens (including phenoxy) is 1. The maximum Gasteiger partial charge on any atom is 0.130 e. The van der Waals surface area contributed by atoms with Gasteiger partial charge >= 0.3 is 0 Å². The predicted molar refractivity (Wildman–Crippen MR) is 57.6 cm³/mol. The molecule has 0 radical (unpaired) electrons. The van der Waals surface area contributed by atoms with Gasteiger partial charge in [0.2, 0.25) is 0 Å². The van der Waals surface area contributed by atoms with Crippen LogP contribution in [-0.4, -0.2) is 12.1 Å². The molecule has 1 aromatic heterocycles. The Bertz CT molecular complexity index is 496. The first-order valence-corrected chi connectivity index (χ1v) is 4.87. The molecule has 0 saturated carbocycles. The highest BCUT2D eigenvalue weighted by molar-refractivity contribution is 5.85. The number of hydrogen-bond donors (Lipinski definition) is 0. The molecule has 0 fully saturated rings. The lowest BCUT2D eigenvalue weighted by Crippen LogP contribution is -1.93. The molecule has 0 aliphatic carbocycles. The summed E-state index contributed by atoms with van der Waals surface area (Å²) >= 11 is 0. The van der Waals surface area contributed by atoms with E-state index in [0.29, 0.717) is 5.75 Å². The third-order valence-corrected chi connectivity index (χ3v) is 2.37. The van der Waals surface area contributed by atoms with Gasteiger partial charge in [-0.25, -0.2) is 4.39 Å². The zero-order chi connectivity index (χ0) is 10.8. The highest BCUT2D eigenvalue weighted by atomic mass is 19.1. The summed E-state index contributed by atoms with van der Waals surface area (Å²) < 4.78 is 18.3. The predicted octanol–water partition coefficient (Wildman–Crippen LogP) is 2.94. The van der Waals surface area contributed by atoms with E-state index in [0.717, 1.165) is 23.0 Å². The van der Waals surface area contributed by atoms with Crippen molar-refractivity contribution in [2.75, 3.05) is 7.11 Å². The SMILES string of the molecule is CCc1cc(OC)c2cc(F)ccc2n1. The number of aryl methyl sites for hydroxylation is 1. The summed E-state index contributed by atoms with van der Waals surface area (Å²) in [5, 5.41) is 0.717. The molecule has 1 heterocycles. The molecule has 0 aliphatic heterocycles. The number of halogens is 1. The van der Waals surface area contributed by atoms with E-state index in [1.165, 1.54) is 12.1 Å². The van der Waals surface area contributed by atoms with Gasteiger partial charge in [-0.15, -0.1) is 0 Å². The minimum absolute atomic E-state index is 0.271. The number of nitrogens with zero attached hydrogens (tertiary/aromatic N) is 1. The Morgan fingerprint density at radius 3 is 2.80 bits per heavy atom. The number of methoxy groups -OCH3 is 1. The third kappa shape index (κ3) is 1.77. The van der Waals surface area contributed by atoms with Gasteiger partial charge in [0.15, 0.2) is 0 Å². The Balaban J connectivity index is 2.75. The standard InChI is InChI=1S/C12H12FNO/c1-3-9-7-12(15-2)10-6-8(13)4-5-11(10)14-9/h4-7H,3H2,1-2H3. The molecule has 2 aromatic rings. The van der Waals surface area contributed by atoms with Crippen LogP contribution in [0.5, 0.6) is 5.75 Å². The zero-order valence-corrected chi connectivity index (χ0v) is 8.75. The molecule has 0 saturated heterocycles. The van der Waals surface area contributed by atoms with Gasteiger partial charge in [-0.1, -0.05) is 6.92 Å². The minimum atomic E-state index is -0.271. The maximum atomic E-state index is 13.1. The van der Waals surface area contributed by atoms with E-state index in [9.17, 15) is 4.39 Å². The molecular weight excluding hydrogens is 193 g/mol. The maximum absolute atomic E-state index is 13.1. The minimum Gasteiger partial charge on any atom is -0.496 e. The smallest absolute Gasteiger partial charge is 0.130 e. The van der Waals surface area contributed by atoms with E-state index in [-0.39, 0.29) is 5.82 Å². The molecule has 2 rings (SSSR count). The van der Waals surface area contributed by atoms with Crippen molar-refractivity contribution >= 4 is 10.9 Å². The number of rotatable bonds is 2. The molecule has 0 aliphatic rings. The van der Waals surface area contributed by atoms with Crippen LogP contribution in [0.2, 0.25) is 0 Å². The van der Waals surface area contributed by atoms with E-state index >= 15 is 0 Å². The second kappa shape index (κ2) is 3.85. The van der Waals surface area contributed by atoms with E-state index in [2.05, 4.69) is 4.98 Å². The zero-order valence-electron chi connectivity index (χ0n) is 8.75. The van der Waals surface area contributed by atoms with Crippen molar-refractivity contribution in [3.8, 4) is 5.75 Å². The van der Waals surface area contributed by atoms with Crippen LogP contribution in [0.4, 0.5) is 4.39 Å². The van der Waals surface area contributed by atoms with Crippen LogP contribution in [0.3, 0.4) is 0 Å².